The number of carboxylic acids is 1. The van der Waals surface area contributed by atoms with Gasteiger partial charge in [-0.15, -0.1) is 0 Å². The highest BCUT2D eigenvalue weighted by Gasteiger charge is 2.07. The molecule has 0 atom stereocenters. The molecular formula is C15H21NO4. The minimum absolute atomic E-state index is 0.239. The van der Waals surface area contributed by atoms with E-state index in [0.29, 0.717) is 17.9 Å². The third-order valence-corrected chi connectivity index (χ3v) is 2.95. The number of benzene rings is 1. The Bertz CT molecular complexity index is 445. The first-order valence-electron chi connectivity index (χ1n) is 6.84. The molecule has 0 aliphatic rings. The lowest BCUT2D eigenvalue weighted by atomic mass is 10.1. The van der Waals surface area contributed by atoms with Crippen molar-refractivity contribution in [1.29, 1.82) is 0 Å². The highest BCUT2D eigenvalue weighted by molar-refractivity contribution is 5.95. The average molecular weight is 279 g/mol. The Kier molecular flexibility index (Phi) is 7.17. The summed E-state index contributed by atoms with van der Waals surface area (Å²) in [6, 6.07) is 6.92. The minimum atomic E-state index is -0.739. The Morgan fingerprint density at radius 2 is 1.70 bits per heavy atom. The maximum atomic E-state index is 11.2. The summed E-state index contributed by atoms with van der Waals surface area (Å²) in [6.45, 7) is 0.531. The third kappa shape index (κ3) is 6.22. The second kappa shape index (κ2) is 8.96. The van der Waals surface area contributed by atoms with Crippen LogP contribution in [-0.2, 0) is 4.79 Å². The van der Waals surface area contributed by atoms with E-state index in [1.165, 1.54) is 0 Å². The first-order valence-corrected chi connectivity index (χ1v) is 6.84. The van der Waals surface area contributed by atoms with Crippen molar-refractivity contribution in [2.75, 3.05) is 6.61 Å². The summed E-state index contributed by atoms with van der Waals surface area (Å²) >= 11 is 0. The number of hydrogen-bond donors (Lipinski definition) is 2. The van der Waals surface area contributed by atoms with E-state index in [4.69, 9.17) is 15.6 Å². The van der Waals surface area contributed by atoms with Crippen molar-refractivity contribution in [3.05, 3.63) is 29.8 Å². The molecule has 1 aromatic carbocycles. The molecule has 0 bridgehead atoms. The fourth-order valence-electron chi connectivity index (χ4n) is 1.89. The zero-order valence-electron chi connectivity index (χ0n) is 11.5. The van der Waals surface area contributed by atoms with Gasteiger partial charge < -0.3 is 15.6 Å². The summed E-state index contributed by atoms with van der Waals surface area (Å²) in [5, 5.41) is 8.49. The zero-order chi connectivity index (χ0) is 14.8. The number of primary amides is 1. The molecule has 0 saturated heterocycles. The van der Waals surface area contributed by atoms with Crippen LogP contribution in [0.1, 0.15) is 48.9 Å². The molecule has 20 heavy (non-hydrogen) atoms. The summed E-state index contributed by atoms with van der Waals surface area (Å²) in [5.41, 5.74) is 5.65. The second-order valence-corrected chi connectivity index (χ2v) is 4.62. The molecule has 0 heterocycles. The van der Waals surface area contributed by atoms with Crippen molar-refractivity contribution in [2.24, 2.45) is 5.73 Å². The lowest BCUT2D eigenvalue weighted by Crippen LogP contribution is -2.13. The number of carbonyl (C=O) groups excluding carboxylic acids is 1. The number of hydrogen-bond acceptors (Lipinski definition) is 3. The van der Waals surface area contributed by atoms with Gasteiger partial charge in [-0.3, -0.25) is 9.59 Å². The van der Waals surface area contributed by atoms with E-state index in [0.717, 1.165) is 32.1 Å². The molecule has 0 radical (unpaired) electrons. The van der Waals surface area contributed by atoms with Crippen LogP contribution in [0.25, 0.3) is 0 Å². The number of carboxylic acid groups (broad SMARTS) is 1. The van der Waals surface area contributed by atoms with Crippen LogP contribution in [0.2, 0.25) is 0 Å². The molecule has 5 nitrogen and oxygen atoms in total. The molecule has 5 heteroatoms. The van der Waals surface area contributed by atoms with E-state index < -0.39 is 11.9 Å². The topological polar surface area (TPSA) is 89.6 Å². The molecule has 110 valence electrons. The average Bonchev–Trinajstić information content (AvgIpc) is 2.41. The molecule has 0 saturated carbocycles. The lowest BCUT2D eigenvalue weighted by Gasteiger charge is -2.09. The number of amides is 1. The van der Waals surface area contributed by atoms with Gasteiger partial charge in [0.25, 0.3) is 5.91 Å². The maximum Gasteiger partial charge on any atom is 0.303 e. The van der Waals surface area contributed by atoms with Crippen LogP contribution >= 0.6 is 0 Å². The van der Waals surface area contributed by atoms with Gasteiger partial charge in [0.15, 0.2) is 0 Å². The van der Waals surface area contributed by atoms with E-state index in [1.807, 2.05) is 0 Å². The molecule has 0 fully saturated rings. The third-order valence-electron chi connectivity index (χ3n) is 2.95. The first-order chi connectivity index (χ1) is 9.61. The largest absolute Gasteiger partial charge is 0.493 e. The fourth-order valence-corrected chi connectivity index (χ4v) is 1.89. The quantitative estimate of drug-likeness (QED) is 0.644. The van der Waals surface area contributed by atoms with Crippen molar-refractivity contribution in [2.45, 2.75) is 38.5 Å². The summed E-state index contributed by atoms with van der Waals surface area (Å²) in [7, 11) is 0. The van der Waals surface area contributed by atoms with Gasteiger partial charge in [0.1, 0.15) is 5.75 Å². The van der Waals surface area contributed by atoms with Gasteiger partial charge in [0, 0.05) is 6.42 Å². The number of ether oxygens (including phenoxy) is 1. The Labute approximate surface area is 118 Å². The van der Waals surface area contributed by atoms with E-state index >= 15 is 0 Å². The number of rotatable bonds is 10. The van der Waals surface area contributed by atoms with E-state index in [-0.39, 0.29) is 6.42 Å². The smallest absolute Gasteiger partial charge is 0.303 e. The number of aliphatic carboxylic acids is 1. The van der Waals surface area contributed by atoms with Gasteiger partial charge in [0.05, 0.1) is 12.2 Å². The van der Waals surface area contributed by atoms with Crippen LogP contribution < -0.4 is 10.5 Å². The number of carbonyl (C=O) groups is 2. The maximum absolute atomic E-state index is 11.2. The summed E-state index contributed by atoms with van der Waals surface area (Å²) in [5.74, 6) is -0.712. The Morgan fingerprint density at radius 3 is 2.40 bits per heavy atom. The summed E-state index contributed by atoms with van der Waals surface area (Å²) < 4.78 is 5.55. The Balaban J connectivity index is 2.15. The molecular weight excluding hydrogens is 258 g/mol. The van der Waals surface area contributed by atoms with Crippen LogP contribution in [-0.4, -0.2) is 23.6 Å². The van der Waals surface area contributed by atoms with Gasteiger partial charge in [0.2, 0.25) is 0 Å². The van der Waals surface area contributed by atoms with Crippen molar-refractivity contribution < 1.29 is 19.4 Å². The van der Waals surface area contributed by atoms with Crippen LogP contribution in [0.3, 0.4) is 0 Å². The molecule has 0 spiro atoms. The molecule has 0 aliphatic heterocycles. The van der Waals surface area contributed by atoms with E-state index in [2.05, 4.69) is 0 Å². The van der Waals surface area contributed by atoms with Crippen LogP contribution in [0.4, 0.5) is 0 Å². The highest BCUT2D eigenvalue weighted by atomic mass is 16.5. The Morgan fingerprint density at radius 1 is 1.05 bits per heavy atom. The first kappa shape index (κ1) is 16.0. The van der Waals surface area contributed by atoms with Gasteiger partial charge in [-0.25, -0.2) is 0 Å². The zero-order valence-corrected chi connectivity index (χ0v) is 11.5. The number of unbranched alkanes of at least 4 members (excludes halogenated alkanes) is 4. The monoisotopic (exact) mass is 279 g/mol. The second-order valence-electron chi connectivity index (χ2n) is 4.62. The Hall–Kier alpha value is -2.04. The van der Waals surface area contributed by atoms with E-state index in [1.54, 1.807) is 24.3 Å². The summed E-state index contributed by atoms with van der Waals surface area (Å²) in [6.07, 6.45) is 4.74. The molecule has 0 aliphatic carbocycles. The van der Waals surface area contributed by atoms with Gasteiger partial charge in [-0.05, 0) is 25.0 Å². The van der Waals surface area contributed by atoms with Crippen LogP contribution in [0.5, 0.6) is 5.75 Å². The van der Waals surface area contributed by atoms with Crippen LogP contribution in [0.15, 0.2) is 24.3 Å². The lowest BCUT2D eigenvalue weighted by molar-refractivity contribution is -0.137. The van der Waals surface area contributed by atoms with Gasteiger partial charge >= 0.3 is 5.97 Å². The van der Waals surface area contributed by atoms with Crippen molar-refractivity contribution in [1.82, 2.24) is 0 Å². The van der Waals surface area contributed by atoms with Gasteiger partial charge in [-0.1, -0.05) is 31.4 Å². The highest BCUT2D eigenvalue weighted by Crippen LogP contribution is 2.17. The summed E-state index contributed by atoms with van der Waals surface area (Å²) in [4.78, 5) is 21.5. The van der Waals surface area contributed by atoms with Gasteiger partial charge in [-0.2, -0.15) is 0 Å². The molecule has 1 aromatic rings. The SMILES string of the molecule is NC(=O)c1ccccc1OCCCCCCCC(=O)O. The number of para-hydroxylation sites is 1. The van der Waals surface area contributed by atoms with E-state index in [9.17, 15) is 9.59 Å². The fraction of sp³-hybridized carbons (Fsp3) is 0.467. The molecule has 1 rings (SSSR count). The van der Waals surface area contributed by atoms with Crippen LogP contribution in [0, 0.1) is 0 Å². The predicted molar refractivity (Wildman–Crippen MR) is 75.8 cm³/mol. The predicted octanol–water partition coefficient (Wildman–Crippen LogP) is 2.59. The molecule has 0 unspecified atom stereocenters. The number of nitrogens with two attached hydrogens (primary N) is 1. The molecule has 3 N–H and O–H groups in total. The normalized spacial score (nSPS) is 10.2. The van der Waals surface area contributed by atoms with Crippen molar-refractivity contribution in [3.63, 3.8) is 0 Å². The minimum Gasteiger partial charge on any atom is -0.493 e. The standard InChI is InChI=1S/C15H21NO4/c16-15(19)12-8-5-6-9-13(12)20-11-7-3-1-2-4-10-14(17)18/h5-6,8-9H,1-4,7,10-11H2,(H2,16,19)(H,17,18). The van der Waals surface area contributed by atoms with Crippen molar-refractivity contribution in [3.8, 4) is 5.75 Å². The van der Waals surface area contributed by atoms with Crippen molar-refractivity contribution >= 4 is 11.9 Å². The molecule has 0 aromatic heterocycles. The molecule has 1 amide bonds.